The van der Waals surface area contributed by atoms with Crippen LogP contribution in [0.25, 0.3) is 0 Å². The summed E-state index contributed by atoms with van der Waals surface area (Å²) >= 11 is 11.9. The highest BCUT2D eigenvalue weighted by Gasteiger charge is 2.51. The molecule has 1 aromatic carbocycles. The third-order valence-electron chi connectivity index (χ3n) is 2.60. The highest BCUT2D eigenvalue weighted by molar-refractivity contribution is 6.50. The van der Waals surface area contributed by atoms with E-state index in [0.717, 1.165) is 18.6 Å². The van der Waals surface area contributed by atoms with Gasteiger partial charge in [-0.1, -0.05) is 12.1 Å². The van der Waals surface area contributed by atoms with Crippen molar-refractivity contribution in [2.75, 3.05) is 7.11 Å². The largest absolute Gasteiger partial charge is 0.497 e. The lowest BCUT2D eigenvalue weighted by atomic mass is 10.1. The van der Waals surface area contributed by atoms with Crippen molar-refractivity contribution in [3.05, 3.63) is 29.8 Å². The number of ether oxygens (including phenoxy) is 1. The number of hydrogen-bond acceptors (Lipinski definition) is 1. The van der Waals surface area contributed by atoms with Gasteiger partial charge < -0.3 is 4.74 Å². The molecule has 1 fully saturated rings. The first-order chi connectivity index (χ1) is 6.62. The van der Waals surface area contributed by atoms with Gasteiger partial charge in [-0.05, 0) is 36.5 Å². The van der Waals surface area contributed by atoms with Crippen LogP contribution in [0.3, 0.4) is 0 Å². The van der Waals surface area contributed by atoms with Gasteiger partial charge in [0.05, 0.1) is 7.11 Å². The zero-order valence-corrected chi connectivity index (χ0v) is 9.48. The van der Waals surface area contributed by atoms with Gasteiger partial charge in [0, 0.05) is 0 Å². The van der Waals surface area contributed by atoms with Gasteiger partial charge >= 0.3 is 0 Å². The molecule has 0 aromatic heterocycles. The molecule has 1 saturated carbocycles. The number of halogens is 2. The van der Waals surface area contributed by atoms with Gasteiger partial charge in [-0.2, -0.15) is 0 Å². The Hall–Kier alpha value is -0.400. The molecule has 0 bridgehead atoms. The summed E-state index contributed by atoms with van der Waals surface area (Å²) in [6.45, 7) is 0. The number of rotatable bonds is 3. The molecular weight excluding hydrogens is 219 g/mol. The molecule has 0 aliphatic heterocycles. The van der Waals surface area contributed by atoms with Crippen LogP contribution >= 0.6 is 23.2 Å². The van der Waals surface area contributed by atoms with E-state index in [1.54, 1.807) is 7.11 Å². The number of hydrogen-bond donors (Lipinski definition) is 0. The van der Waals surface area contributed by atoms with Crippen molar-refractivity contribution in [2.45, 2.75) is 17.2 Å². The zero-order chi connectivity index (χ0) is 10.2. The molecule has 1 unspecified atom stereocenters. The minimum Gasteiger partial charge on any atom is -0.497 e. The van der Waals surface area contributed by atoms with Crippen molar-refractivity contribution in [3.8, 4) is 5.75 Å². The van der Waals surface area contributed by atoms with Gasteiger partial charge in [-0.25, -0.2) is 0 Å². The van der Waals surface area contributed by atoms with Crippen LogP contribution in [-0.4, -0.2) is 11.4 Å². The van der Waals surface area contributed by atoms with Crippen LogP contribution in [0.1, 0.15) is 12.0 Å². The smallest absolute Gasteiger partial charge is 0.121 e. The summed E-state index contributed by atoms with van der Waals surface area (Å²) in [5, 5.41) is 0. The lowest BCUT2D eigenvalue weighted by Crippen LogP contribution is -1.95. The molecule has 0 spiro atoms. The number of benzene rings is 1. The van der Waals surface area contributed by atoms with Gasteiger partial charge in [0.25, 0.3) is 0 Å². The Morgan fingerprint density at radius 3 is 2.36 bits per heavy atom. The van der Waals surface area contributed by atoms with E-state index in [-0.39, 0.29) is 0 Å². The normalized spacial score (nSPS) is 23.2. The van der Waals surface area contributed by atoms with Crippen molar-refractivity contribution in [1.29, 1.82) is 0 Å². The average Bonchev–Trinajstić information content (AvgIpc) is 2.75. The topological polar surface area (TPSA) is 9.23 Å². The van der Waals surface area contributed by atoms with E-state index in [9.17, 15) is 0 Å². The quantitative estimate of drug-likeness (QED) is 0.724. The molecule has 76 valence electrons. The SMILES string of the molecule is COc1ccc(CC2CC2(Cl)Cl)cc1. The van der Waals surface area contributed by atoms with Crippen LogP contribution in [0, 0.1) is 5.92 Å². The third kappa shape index (κ3) is 2.15. The minimum absolute atomic E-state index is 0.416. The summed E-state index contributed by atoms with van der Waals surface area (Å²) in [5.41, 5.74) is 1.26. The fourth-order valence-electron chi connectivity index (χ4n) is 1.54. The molecule has 1 aliphatic carbocycles. The lowest BCUT2D eigenvalue weighted by molar-refractivity contribution is 0.414. The molecule has 0 saturated heterocycles. The minimum atomic E-state index is -0.472. The molecule has 3 heteroatoms. The van der Waals surface area contributed by atoms with E-state index >= 15 is 0 Å². The molecule has 0 heterocycles. The van der Waals surface area contributed by atoms with Crippen molar-refractivity contribution in [1.82, 2.24) is 0 Å². The van der Waals surface area contributed by atoms with Crippen LogP contribution in [0.15, 0.2) is 24.3 Å². The highest BCUT2D eigenvalue weighted by Crippen LogP contribution is 2.54. The molecular formula is C11H12Cl2O. The summed E-state index contributed by atoms with van der Waals surface area (Å²) in [7, 11) is 1.67. The van der Waals surface area contributed by atoms with E-state index in [1.807, 2.05) is 12.1 Å². The Morgan fingerprint density at radius 1 is 1.36 bits per heavy atom. The zero-order valence-electron chi connectivity index (χ0n) is 7.97. The second-order valence-electron chi connectivity index (χ2n) is 3.71. The van der Waals surface area contributed by atoms with E-state index in [2.05, 4.69) is 12.1 Å². The van der Waals surface area contributed by atoms with Crippen LogP contribution in [0.2, 0.25) is 0 Å². The van der Waals surface area contributed by atoms with Gasteiger partial charge in [-0.15, -0.1) is 23.2 Å². The van der Waals surface area contributed by atoms with Gasteiger partial charge in [0.1, 0.15) is 10.1 Å². The Bertz CT molecular complexity index is 319. The lowest BCUT2D eigenvalue weighted by Gasteiger charge is -2.03. The number of alkyl halides is 2. The Balaban J connectivity index is 1.98. The average molecular weight is 231 g/mol. The van der Waals surface area contributed by atoms with E-state index < -0.39 is 4.33 Å². The van der Waals surface area contributed by atoms with Crippen LogP contribution < -0.4 is 4.74 Å². The first-order valence-corrected chi connectivity index (χ1v) is 5.38. The summed E-state index contributed by atoms with van der Waals surface area (Å²) in [5.74, 6) is 1.30. The molecule has 0 radical (unpaired) electrons. The predicted molar refractivity (Wildman–Crippen MR) is 59.2 cm³/mol. The van der Waals surface area contributed by atoms with Gasteiger partial charge in [0.15, 0.2) is 0 Å². The van der Waals surface area contributed by atoms with Crippen molar-refractivity contribution in [3.63, 3.8) is 0 Å². The molecule has 1 nitrogen and oxygen atoms in total. The van der Waals surface area contributed by atoms with Crippen LogP contribution in [-0.2, 0) is 6.42 Å². The van der Waals surface area contributed by atoms with E-state index in [4.69, 9.17) is 27.9 Å². The van der Waals surface area contributed by atoms with E-state index in [1.165, 1.54) is 5.56 Å². The van der Waals surface area contributed by atoms with Crippen molar-refractivity contribution in [2.24, 2.45) is 5.92 Å². The monoisotopic (exact) mass is 230 g/mol. The third-order valence-corrected chi connectivity index (χ3v) is 3.52. The molecule has 0 N–H and O–H groups in total. The van der Waals surface area contributed by atoms with Crippen molar-refractivity contribution < 1.29 is 4.74 Å². The maximum absolute atomic E-state index is 5.96. The Kier molecular flexibility index (Phi) is 2.63. The van der Waals surface area contributed by atoms with Crippen LogP contribution in [0.4, 0.5) is 0 Å². The summed E-state index contributed by atoms with van der Waals surface area (Å²) in [6, 6.07) is 8.03. The fourth-order valence-corrected chi connectivity index (χ4v) is 2.06. The standard InChI is InChI=1S/C11H12Cl2O/c1-14-10-4-2-8(3-5-10)6-9-7-11(9,12)13/h2-5,9H,6-7H2,1H3. The number of methoxy groups -OCH3 is 1. The molecule has 2 rings (SSSR count). The first-order valence-electron chi connectivity index (χ1n) is 4.62. The van der Waals surface area contributed by atoms with Gasteiger partial charge in [0.2, 0.25) is 0 Å². The Labute approximate surface area is 94.0 Å². The summed E-state index contributed by atoms with van der Waals surface area (Å²) in [6.07, 6.45) is 1.86. The maximum Gasteiger partial charge on any atom is 0.121 e. The Morgan fingerprint density at radius 2 is 1.93 bits per heavy atom. The molecule has 0 amide bonds. The second-order valence-corrected chi connectivity index (χ2v) is 5.26. The fraction of sp³-hybridized carbons (Fsp3) is 0.455. The van der Waals surface area contributed by atoms with Gasteiger partial charge in [-0.3, -0.25) is 0 Å². The molecule has 1 aliphatic rings. The van der Waals surface area contributed by atoms with Crippen LogP contribution in [0.5, 0.6) is 5.75 Å². The van der Waals surface area contributed by atoms with E-state index in [0.29, 0.717) is 5.92 Å². The second kappa shape index (κ2) is 3.63. The summed E-state index contributed by atoms with van der Waals surface area (Å²) < 4.78 is 4.61. The highest BCUT2D eigenvalue weighted by atomic mass is 35.5. The first kappa shape index (κ1) is 10.1. The molecule has 1 atom stereocenters. The molecule has 14 heavy (non-hydrogen) atoms. The maximum atomic E-state index is 5.96. The predicted octanol–water partition coefficient (Wildman–Crippen LogP) is 3.43. The van der Waals surface area contributed by atoms with Crippen molar-refractivity contribution >= 4 is 23.2 Å². The molecule has 1 aromatic rings. The summed E-state index contributed by atoms with van der Waals surface area (Å²) in [4.78, 5) is 0.